The van der Waals surface area contributed by atoms with E-state index in [0.717, 1.165) is 11.8 Å². The highest BCUT2D eigenvalue weighted by Gasteiger charge is 2.09. The van der Waals surface area contributed by atoms with Crippen LogP contribution in [0.2, 0.25) is 0 Å². The number of hydrogen-bond donors (Lipinski definition) is 3. The van der Waals surface area contributed by atoms with E-state index in [1.807, 2.05) is 0 Å². The van der Waals surface area contributed by atoms with Crippen LogP contribution in [0.25, 0.3) is 11.2 Å². The Bertz CT molecular complexity index is 808. The van der Waals surface area contributed by atoms with Gasteiger partial charge in [0.15, 0.2) is 16.3 Å². The zero-order chi connectivity index (χ0) is 14.7. The molecule has 0 spiro atoms. The van der Waals surface area contributed by atoms with E-state index in [2.05, 4.69) is 25.3 Å². The lowest BCUT2D eigenvalue weighted by Crippen LogP contribution is -2.24. The van der Waals surface area contributed by atoms with E-state index >= 15 is 0 Å². The molecule has 0 bridgehead atoms. The molecule has 0 saturated heterocycles. The molecule has 3 aromatic heterocycles. The average Bonchev–Trinajstić information content (AvgIpc) is 3.14. The van der Waals surface area contributed by atoms with Crippen LogP contribution in [0.15, 0.2) is 39.1 Å². The fourth-order valence-electron chi connectivity index (χ4n) is 1.67. The van der Waals surface area contributed by atoms with E-state index in [0.29, 0.717) is 28.6 Å². The van der Waals surface area contributed by atoms with Crippen molar-refractivity contribution in [2.75, 3.05) is 5.75 Å². The molecular weight excluding hydrogens is 294 g/mol. The summed E-state index contributed by atoms with van der Waals surface area (Å²) in [5, 5.41) is 3.06. The number of fused-ring (bicyclic) bond motifs is 1. The lowest BCUT2D eigenvalue weighted by molar-refractivity contribution is -0.118. The molecule has 21 heavy (non-hydrogen) atoms. The van der Waals surface area contributed by atoms with Crippen LogP contribution in [0.1, 0.15) is 5.76 Å². The summed E-state index contributed by atoms with van der Waals surface area (Å²) in [4.78, 5) is 36.7. The standard InChI is InChI=1S/C12H11N5O3S/c18-8(13-4-7-2-1-3-20-7)5-21-12-16-10-9(11(19)17-12)14-6-15-10/h1-3,6H,4-5H2,(H,13,18)(H2,14,15,16,17,19). The largest absolute Gasteiger partial charge is 0.467 e. The first-order chi connectivity index (χ1) is 10.2. The Morgan fingerprint density at radius 3 is 3.19 bits per heavy atom. The maximum absolute atomic E-state index is 11.7. The average molecular weight is 305 g/mol. The summed E-state index contributed by atoms with van der Waals surface area (Å²) >= 11 is 1.13. The van der Waals surface area contributed by atoms with Gasteiger partial charge in [0, 0.05) is 0 Å². The summed E-state index contributed by atoms with van der Waals surface area (Å²) in [5.74, 6) is 0.638. The van der Waals surface area contributed by atoms with Gasteiger partial charge in [-0.05, 0) is 12.1 Å². The number of furan rings is 1. The van der Waals surface area contributed by atoms with Gasteiger partial charge >= 0.3 is 0 Å². The van der Waals surface area contributed by atoms with Crippen molar-refractivity contribution in [1.82, 2.24) is 25.3 Å². The van der Waals surface area contributed by atoms with Gasteiger partial charge in [0.2, 0.25) is 5.91 Å². The van der Waals surface area contributed by atoms with Gasteiger partial charge in [0.05, 0.1) is 24.9 Å². The fraction of sp³-hybridized carbons (Fsp3) is 0.167. The molecule has 0 unspecified atom stereocenters. The van der Waals surface area contributed by atoms with Gasteiger partial charge in [0.1, 0.15) is 5.76 Å². The monoisotopic (exact) mass is 305 g/mol. The molecule has 8 nitrogen and oxygen atoms in total. The maximum atomic E-state index is 11.7. The van der Waals surface area contributed by atoms with Gasteiger partial charge in [-0.3, -0.25) is 14.6 Å². The highest BCUT2D eigenvalue weighted by atomic mass is 32.2. The van der Waals surface area contributed by atoms with E-state index in [9.17, 15) is 9.59 Å². The van der Waals surface area contributed by atoms with Gasteiger partial charge in [-0.1, -0.05) is 11.8 Å². The third-order valence-corrected chi connectivity index (χ3v) is 3.53. The molecule has 108 valence electrons. The number of aromatic nitrogens is 4. The number of aromatic amines is 2. The first-order valence-corrected chi connectivity index (χ1v) is 7.06. The molecule has 0 atom stereocenters. The van der Waals surface area contributed by atoms with E-state index in [1.165, 1.54) is 6.33 Å². The van der Waals surface area contributed by atoms with Crippen LogP contribution in [0.5, 0.6) is 0 Å². The van der Waals surface area contributed by atoms with Crippen LogP contribution in [-0.2, 0) is 11.3 Å². The summed E-state index contributed by atoms with van der Waals surface area (Å²) < 4.78 is 5.11. The molecule has 3 aromatic rings. The van der Waals surface area contributed by atoms with E-state index in [1.54, 1.807) is 18.4 Å². The van der Waals surface area contributed by atoms with Crippen molar-refractivity contribution >= 4 is 28.8 Å². The van der Waals surface area contributed by atoms with Gasteiger partial charge in [-0.15, -0.1) is 0 Å². The highest BCUT2D eigenvalue weighted by molar-refractivity contribution is 7.99. The van der Waals surface area contributed by atoms with Crippen molar-refractivity contribution in [2.24, 2.45) is 0 Å². The second-order valence-corrected chi connectivity index (χ2v) is 5.08. The zero-order valence-electron chi connectivity index (χ0n) is 10.8. The first kappa shape index (κ1) is 13.4. The summed E-state index contributed by atoms with van der Waals surface area (Å²) in [6.45, 7) is 0.328. The molecule has 3 rings (SSSR count). The summed E-state index contributed by atoms with van der Waals surface area (Å²) in [6.07, 6.45) is 2.95. The number of carbonyl (C=O) groups is 1. The van der Waals surface area contributed by atoms with Gasteiger partial charge in [-0.25, -0.2) is 9.97 Å². The van der Waals surface area contributed by atoms with Gasteiger partial charge < -0.3 is 14.7 Å². The maximum Gasteiger partial charge on any atom is 0.277 e. The fourth-order valence-corrected chi connectivity index (χ4v) is 2.36. The molecular formula is C12H11N5O3S. The first-order valence-electron chi connectivity index (χ1n) is 6.07. The van der Waals surface area contributed by atoms with Crippen molar-refractivity contribution in [3.8, 4) is 0 Å². The van der Waals surface area contributed by atoms with Crippen LogP contribution in [-0.4, -0.2) is 31.6 Å². The van der Waals surface area contributed by atoms with Crippen molar-refractivity contribution in [3.63, 3.8) is 0 Å². The minimum Gasteiger partial charge on any atom is -0.467 e. The molecule has 9 heteroatoms. The number of H-pyrrole nitrogens is 2. The normalized spacial score (nSPS) is 10.9. The van der Waals surface area contributed by atoms with Crippen LogP contribution < -0.4 is 10.9 Å². The third kappa shape index (κ3) is 3.14. The lowest BCUT2D eigenvalue weighted by Gasteiger charge is -2.02. The van der Waals surface area contributed by atoms with E-state index < -0.39 is 0 Å². The Morgan fingerprint density at radius 1 is 1.48 bits per heavy atom. The number of imidazole rings is 1. The number of nitrogens with one attached hydrogen (secondary N) is 3. The second-order valence-electron chi connectivity index (χ2n) is 4.12. The molecule has 0 fully saturated rings. The smallest absolute Gasteiger partial charge is 0.277 e. The highest BCUT2D eigenvalue weighted by Crippen LogP contribution is 2.12. The molecule has 3 N–H and O–H groups in total. The molecule has 0 radical (unpaired) electrons. The number of nitrogens with zero attached hydrogens (tertiary/aromatic N) is 2. The lowest BCUT2D eigenvalue weighted by atomic mass is 10.4. The Labute approximate surface area is 122 Å². The summed E-state index contributed by atoms with van der Waals surface area (Å²) in [7, 11) is 0. The molecule has 0 aliphatic heterocycles. The Morgan fingerprint density at radius 2 is 2.38 bits per heavy atom. The Balaban J connectivity index is 1.58. The minimum atomic E-state index is -0.309. The number of thioether (sulfide) groups is 1. The number of amides is 1. The molecule has 1 amide bonds. The van der Waals surface area contributed by atoms with Crippen LogP contribution in [0.4, 0.5) is 0 Å². The van der Waals surface area contributed by atoms with E-state index in [4.69, 9.17) is 4.42 Å². The second kappa shape index (κ2) is 5.83. The zero-order valence-corrected chi connectivity index (χ0v) is 11.6. The van der Waals surface area contributed by atoms with Crippen LogP contribution in [0.3, 0.4) is 0 Å². The topological polar surface area (TPSA) is 117 Å². The predicted molar refractivity (Wildman–Crippen MR) is 75.8 cm³/mol. The Kier molecular flexibility index (Phi) is 3.73. The molecule has 3 heterocycles. The summed E-state index contributed by atoms with van der Waals surface area (Å²) in [5.41, 5.74) is 0.342. The van der Waals surface area contributed by atoms with Crippen molar-refractivity contribution in [1.29, 1.82) is 0 Å². The van der Waals surface area contributed by atoms with Crippen molar-refractivity contribution in [3.05, 3.63) is 40.8 Å². The quantitative estimate of drug-likeness (QED) is 0.470. The molecule has 0 aliphatic rings. The molecule has 0 aromatic carbocycles. The molecule has 0 saturated carbocycles. The van der Waals surface area contributed by atoms with Crippen LogP contribution in [0, 0.1) is 0 Å². The third-order valence-electron chi connectivity index (χ3n) is 2.65. The number of carbonyl (C=O) groups excluding carboxylic acids is 1. The molecule has 0 aliphatic carbocycles. The Hall–Kier alpha value is -2.55. The van der Waals surface area contributed by atoms with Crippen LogP contribution >= 0.6 is 11.8 Å². The number of hydrogen-bond acceptors (Lipinski definition) is 6. The van der Waals surface area contributed by atoms with E-state index in [-0.39, 0.29) is 17.2 Å². The summed E-state index contributed by atoms with van der Waals surface area (Å²) in [6, 6.07) is 3.53. The van der Waals surface area contributed by atoms with Crippen molar-refractivity contribution < 1.29 is 9.21 Å². The van der Waals surface area contributed by atoms with Crippen molar-refractivity contribution in [2.45, 2.75) is 11.7 Å². The minimum absolute atomic E-state index is 0.138. The number of rotatable bonds is 5. The predicted octanol–water partition coefficient (Wildman–Crippen LogP) is 0.648. The van der Waals surface area contributed by atoms with Gasteiger partial charge in [0.25, 0.3) is 5.56 Å². The SMILES string of the molecule is O=C(CSc1nc2nc[nH]c2c(=O)[nH]1)NCc1ccco1. The van der Waals surface area contributed by atoms with Gasteiger partial charge in [-0.2, -0.15) is 0 Å².